The summed E-state index contributed by atoms with van der Waals surface area (Å²) in [6.07, 6.45) is 4.30. The van der Waals surface area contributed by atoms with Gasteiger partial charge < -0.3 is 14.2 Å². The zero-order valence-corrected chi connectivity index (χ0v) is 9.05. The number of fused-ring (bicyclic) bond motifs is 2. The molecule has 5 heteroatoms. The molecule has 0 saturated carbocycles. The molecule has 3 unspecified atom stereocenters. The summed E-state index contributed by atoms with van der Waals surface area (Å²) < 4.78 is 15.0. The minimum atomic E-state index is -0.518. The summed E-state index contributed by atoms with van der Waals surface area (Å²) in [7, 11) is 0. The molecule has 0 radical (unpaired) electrons. The summed E-state index contributed by atoms with van der Waals surface area (Å²) in [5, 5.41) is 0. The molecular weight excluding hydrogens is 212 g/mol. The number of rotatable bonds is 4. The molecule has 0 spiro atoms. The average Bonchev–Trinajstić information content (AvgIpc) is 2.88. The molecule has 0 aromatic carbocycles. The van der Waals surface area contributed by atoms with Gasteiger partial charge in [-0.1, -0.05) is 12.2 Å². The third kappa shape index (κ3) is 2.24. The van der Waals surface area contributed by atoms with E-state index in [1.807, 2.05) is 12.2 Å². The summed E-state index contributed by atoms with van der Waals surface area (Å²) in [5.41, 5.74) is 0. The lowest BCUT2D eigenvalue weighted by molar-refractivity contribution is -0.161. The van der Waals surface area contributed by atoms with Crippen LogP contribution in [0.2, 0.25) is 0 Å². The van der Waals surface area contributed by atoms with Gasteiger partial charge in [0.25, 0.3) is 0 Å². The Labute approximate surface area is 93.4 Å². The first kappa shape index (κ1) is 11.1. The largest absolute Gasteiger partial charge is 0.463 e. The van der Waals surface area contributed by atoms with E-state index in [4.69, 9.17) is 9.47 Å². The topological polar surface area (TPSA) is 61.8 Å². The van der Waals surface area contributed by atoms with Crippen molar-refractivity contribution in [1.29, 1.82) is 0 Å². The van der Waals surface area contributed by atoms with Crippen molar-refractivity contribution in [1.82, 2.24) is 0 Å². The van der Waals surface area contributed by atoms with Crippen LogP contribution >= 0.6 is 0 Å². The zero-order valence-electron chi connectivity index (χ0n) is 9.05. The summed E-state index contributed by atoms with van der Waals surface area (Å²) in [6.45, 7) is 1.68. The molecule has 3 atom stereocenters. The Morgan fingerprint density at radius 2 is 2.19 bits per heavy atom. The van der Waals surface area contributed by atoms with E-state index in [1.54, 1.807) is 6.92 Å². The minimum absolute atomic E-state index is 0.0325. The molecular formula is C11H14O5. The van der Waals surface area contributed by atoms with Gasteiger partial charge in [-0.05, 0) is 13.3 Å². The first-order valence-corrected chi connectivity index (χ1v) is 5.36. The molecule has 16 heavy (non-hydrogen) atoms. The highest BCUT2D eigenvalue weighted by Gasteiger charge is 2.42. The molecule has 88 valence electrons. The van der Waals surface area contributed by atoms with Crippen molar-refractivity contribution in [2.45, 2.75) is 25.6 Å². The fraction of sp³-hybridized carbons (Fsp3) is 0.636. The van der Waals surface area contributed by atoms with Gasteiger partial charge >= 0.3 is 11.9 Å². The van der Waals surface area contributed by atoms with Crippen molar-refractivity contribution in [3.8, 4) is 0 Å². The van der Waals surface area contributed by atoms with Gasteiger partial charge in [0.15, 0.2) is 6.61 Å². The molecule has 2 aliphatic heterocycles. The minimum Gasteiger partial charge on any atom is -0.463 e. The fourth-order valence-corrected chi connectivity index (χ4v) is 1.94. The van der Waals surface area contributed by atoms with Crippen LogP contribution in [-0.2, 0) is 23.8 Å². The van der Waals surface area contributed by atoms with Crippen molar-refractivity contribution >= 4 is 11.9 Å². The van der Waals surface area contributed by atoms with E-state index in [2.05, 4.69) is 4.74 Å². The van der Waals surface area contributed by atoms with Gasteiger partial charge in [0.05, 0.1) is 24.7 Å². The van der Waals surface area contributed by atoms with Gasteiger partial charge in [-0.3, -0.25) is 4.79 Å². The molecule has 0 N–H and O–H groups in total. The summed E-state index contributed by atoms with van der Waals surface area (Å²) in [6, 6.07) is 0. The molecule has 0 aromatic rings. The summed E-state index contributed by atoms with van der Waals surface area (Å²) in [4.78, 5) is 22.6. The van der Waals surface area contributed by atoms with Crippen molar-refractivity contribution in [2.24, 2.45) is 5.92 Å². The summed E-state index contributed by atoms with van der Waals surface area (Å²) in [5.74, 6) is -1.18. The molecule has 2 aliphatic rings. The van der Waals surface area contributed by atoms with Gasteiger partial charge in [-0.25, -0.2) is 4.79 Å². The molecule has 5 nitrogen and oxygen atoms in total. The third-order valence-electron chi connectivity index (χ3n) is 2.67. The van der Waals surface area contributed by atoms with E-state index in [0.717, 1.165) is 0 Å². The standard InChI is InChI=1S/C11H14O5/c1-2-14-10(12)6-15-11(13)8-5-7-3-4-9(8)16-7/h3-4,7-9H,2,5-6H2,1H3. The van der Waals surface area contributed by atoms with Gasteiger partial charge in [0, 0.05) is 0 Å². The monoisotopic (exact) mass is 226 g/mol. The Balaban J connectivity index is 1.76. The molecule has 0 amide bonds. The van der Waals surface area contributed by atoms with Crippen LogP contribution in [0.15, 0.2) is 12.2 Å². The second-order valence-electron chi connectivity index (χ2n) is 3.78. The molecule has 2 heterocycles. The van der Waals surface area contributed by atoms with E-state index in [0.29, 0.717) is 6.42 Å². The second-order valence-corrected chi connectivity index (χ2v) is 3.78. The smallest absolute Gasteiger partial charge is 0.344 e. The third-order valence-corrected chi connectivity index (χ3v) is 2.67. The van der Waals surface area contributed by atoms with Crippen molar-refractivity contribution in [3.63, 3.8) is 0 Å². The van der Waals surface area contributed by atoms with E-state index >= 15 is 0 Å². The van der Waals surface area contributed by atoms with Gasteiger partial charge in [0.2, 0.25) is 0 Å². The van der Waals surface area contributed by atoms with Gasteiger partial charge in [0.1, 0.15) is 0 Å². The molecule has 0 aliphatic carbocycles. The van der Waals surface area contributed by atoms with Crippen molar-refractivity contribution in [2.75, 3.05) is 13.2 Å². The van der Waals surface area contributed by atoms with Crippen LogP contribution in [-0.4, -0.2) is 37.4 Å². The van der Waals surface area contributed by atoms with Crippen LogP contribution in [0.4, 0.5) is 0 Å². The lowest BCUT2D eigenvalue weighted by Gasteiger charge is -2.13. The number of carbonyl (C=O) groups excluding carboxylic acids is 2. The Morgan fingerprint density at radius 1 is 1.38 bits per heavy atom. The maximum absolute atomic E-state index is 11.6. The Morgan fingerprint density at radius 3 is 2.75 bits per heavy atom. The molecule has 1 fully saturated rings. The zero-order chi connectivity index (χ0) is 11.5. The number of carbonyl (C=O) groups is 2. The van der Waals surface area contributed by atoms with E-state index in [1.165, 1.54) is 0 Å². The van der Waals surface area contributed by atoms with E-state index in [-0.39, 0.29) is 37.3 Å². The maximum Gasteiger partial charge on any atom is 0.344 e. The van der Waals surface area contributed by atoms with Gasteiger partial charge in [-0.2, -0.15) is 0 Å². The number of hydrogen-bond acceptors (Lipinski definition) is 5. The quantitative estimate of drug-likeness (QED) is 0.514. The highest BCUT2D eigenvalue weighted by atomic mass is 16.6. The SMILES string of the molecule is CCOC(=O)COC(=O)C1CC2C=CC1O2. The molecule has 2 bridgehead atoms. The van der Waals surface area contributed by atoms with E-state index < -0.39 is 5.97 Å². The predicted molar refractivity (Wildman–Crippen MR) is 53.5 cm³/mol. The Kier molecular flexibility index (Phi) is 3.24. The van der Waals surface area contributed by atoms with Crippen LogP contribution in [0.1, 0.15) is 13.3 Å². The first-order chi connectivity index (χ1) is 7.70. The lowest BCUT2D eigenvalue weighted by Crippen LogP contribution is -2.27. The maximum atomic E-state index is 11.6. The Hall–Kier alpha value is -1.36. The van der Waals surface area contributed by atoms with Crippen LogP contribution in [0.3, 0.4) is 0 Å². The predicted octanol–water partition coefficient (Wildman–Crippen LogP) is 0.436. The fourth-order valence-electron chi connectivity index (χ4n) is 1.94. The lowest BCUT2D eigenvalue weighted by atomic mass is 9.95. The summed E-state index contributed by atoms with van der Waals surface area (Å²) >= 11 is 0. The molecule has 1 saturated heterocycles. The average molecular weight is 226 g/mol. The highest BCUT2D eigenvalue weighted by molar-refractivity contribution is 5.78. The van der Waals surface area contributed by atoms with Crippen LogP contribution < -0.4 is 0 Å². The van der Waals surface area contributed by atoms with Gasteiger partial charge in [-0.15, -0.1) is 0 Å². The van der Waals surface area contributed by atoms with Crippen LogP contribution in [0, 0.1) is 5.92 Å². The first-order valence-electron chi connectivity index (χ1n) is 5.36. The van der Waals surface area contributed by atoms with Crippen LogP contribution in [0.25, 0.3) is 0 Å². The molecule has 2 rings (SSSR count). The Bertz CT molecular complexity index is 322. The van der Waals surface area contributed by atoms with Crippen molar-refractivity contribution < 1.29 is 23.8 Å². The van der Waals surface area contributed by atoms with Crippen LogP contribution in [0.5, 0.6) is 0 Å². The van der Waals surface area contributed by atoms with Crippen molar-refractivity contribution in [3.05, 3.63) is 12.2 Å². The second kappa shape index (κ2) is 4.65. The number of hydrogen-bond donors (Lipinski definition) is 0. The van der Waals surface area contributed by atoms with E-state index in [9.17, 15) is 9.59 Å². The number of esters is 2. The normalized spacial score (nSPS) is 30.4. The number of ether oxygens (including phenoxy) is 3. The highest BCUT2D eigenvalue weighted by Crippen LogP contribution is 2.34. The molecule has 0 aromatic heterocycles.